The van der Waals surface area contributed by atoms with Crippen LogP contribution in [-0.2, 0) is 0 Å². The topological polar surface area (TPSA) is 20.2 Å². The monoisotopic (exact) mass is 242 g/mol. The fourth-order valence-corrected chi connectivity index (χ4v) is 2.59. The van der Waals surface area contributed by atoms with Gasteiger partial charge in [-0.15, -0.1) is 0 Å². The molecule has 1 aromatic carbocycles. The summed E-state index contributed by atoms with van der Waals surface area (Å²) >= 11 is 12.2. The van der Waals surface area contributed by atoms with Gasteiger partial charge in [0.05, 0.1) is 6.10 Å². The van der Waals surface area contributed by atoms with Gasteiger partial charge in [0.1, 0.15) is 0 Å². The lowest BCUT2D eigenvalue weighted by Crippen LogP contribution is -2.16. The van der Waals surface area contributed by atoms with Crippen LogP contribution in [0.25, 0.3) is 6.08 Å². The predicted octanol–water partition coefficient (Wildman–Crippen LogP) is 3.79. The van der Waals surface area contributed by atoms with Crippen LogP contribution in [0, 0.1) is 0 Å². The Hall–Kier alpha value is -0.500. The first-order valence-electron chi connectivity index (χ1n) is 4.98. The van der Waals surface area contributed by atoms with Crippen molar-refractivity contribution in [2.75, 3.05) is 0 Å². The number of benzene rings is 1. The maximum atomic E-state index is 9.90. The Kier molecular flexibility index (Phi) is 3.06. The second kappa shape index (κ2) is 4.17. The Bertz CT molecular complexity index is 412. The number of halogens is 2. The first-order valence-corrected chi connectivity index (χ1v) is 5.74. The first kappa shape index (κ1) is 11.0. The van der Waals surface area contributed by atoms with E-state index in [0.29, 0.717) is 16.5 Å². The van der Waals surface area contributed by atoms with Gasteiger partial charge in [0, 0.05) is 16.0 Å². The first-order chi connectivity index (χ1) is 7.15. The van der Waals surface area contributed by atoms with Gasteiger partial charge in [-0.2, -0.15) is 0 Å². The van der Waals surface area contributed by atoms with Crippen LogP contribution in [0.1, 0.15) is 30.4 Å². The van der Waals surface area contributed by atoms with Crippen molar-refractivity contribution in [3.8, 4) is 0 Å². The van der Waals surface area contributed by atoms with E-state index >= 15 is 0 Å². The van der Waals surface area contributed by atoms with Crippen LogP contribution in [0.3, 0.4) is 0 Å². The van der Waals surface area contributed by atoms with Crippen molar-refractivity contribution in [2.24, 2.45) is 0 Å². The molecule has 0 amide bonds. The molecule has 0 heterocycles. The van der Waals surface area contributed by atoms with E-state index in [0.717, 1.165) is 11.1 Å². The normalized spacial score (nSPS) is 21.1. The Morgan fingerprint density at radius 3 is 2.80 bits per heavy atom. The molecule has 0 aliphatic heterocycles. The lowest BCUT2D eigenvalue weighted by Gasteiger charge is -2.18. The van der Waals surface area contributed by atoms with Gasteiger partial charge in [-0.25, -0.2) is 0 Å². The zero-order valence-electron chi connectivity index (χ0n) is 8.37. The molecule has 0 aromatic heterocycles. The van der Waals surface area contributed by atoms with Gasteiger partial charge in [0.25, 0.3) is 0 Å². The molecule has 1 aliphatic carbocycles. The van der Waals surface area contributed by atoms with E-state index in [4.69, 9.17) is 23.2 Å². The zero-order valence-corrected chi connectivity index (χ0v) is 9.89. The third-order valence-electron chi connectivity index (χ3n) is 2.80. The number of rotatable bonds is 2. The molecule has 0 bridgehead atoms. The Balaban J connectivity index is 2.48. The summed E-state index contributed by atoms with van der Waals surface area (Å²) in [6, 6.07) is 5.69. The zero-order chi connectivity index (χ0) is 11.0. The van der Waals surface area contributed by atoms with E-state index in [-0.39, 0.29) is 5.92 Å². The van der Waals surface area contributed by atoms with Crippen LogP contribution in [0.2, 0.25) is 5.02 Å². The highest BCUT2D eigenvalue weighted by Crippen LogP contribution is 2.43. The van der Waals surface area contributed by atoms with Gasteiger partial charge in [0.15, 0.2) is 0 Å². The van der Waals surface area contributed by atoms with Crippen LogP contribution < -0.4 is 0 Å². The smallest absolute Gasteiger partial charge is 0.0655 e. The van der Waals surface area contributed by atoms with Gasteiger partial charge in [-0.3, -0.25) is 0 Å². The van der Waals surface area contributed by atoms with Crippen molar-refractivity contribution in [3.63, 3.8) is 0 Å². The van der Waals surface area contributed by atoms with Crippen molar-refractivity contribution in [2.45, 2.75) is 25.4 Å². The van der Waals surface area contributed by atoms with Crippen LogP contribution in [0.15, 0.2) is 23.2 Å². The van der Waals surface area contributed by atoms with Gasteiger partial charge < -0.3 is 5.11 Å². The Labute approximate surface area is 99.3 Å². The minimum Gasteiger partial charge on any atom is -0.392 e. The maximum Gasteiger partial charge on any atom is 0.0655 e. The van der Waals surface area contributed by atoms with Gasteiger partial charge in [-0.1, -0.05) is 42.3 Å². The fraction of sp³-hybridized carbons (Fsp3) is 0.333. The number of hydrogen-bond acceptors (Lipinski definition) is 1. The molecule has 0 spiro atoms. The molecule has 3 heteroatoms. The quantitative estimate of drug-likeness (QED) is 0.837. The van der Waals surface area contributed by atoms with Crippen LogP contribution >= 0.6 is 23.2 Å². The summed E-state index contributed by atoms with van der Waals surface area (Å²) in [5.41, 5.74) is 1.98. The lowest BCUT2D eigenvalue weighted by atomic mass is 9.94. The molecule has 2 atom stereocenters. The van der Waals surface area contributed by atoms with Gasteiger partial charge >= 0.3 is 0 Å². The minimum absolute atomic E-state index is 0.106. The van der Waals surface area contributed by atoms with E-state index in [2.05, 4.69) is 0 Å². The van der Waals surface area contributed by atoms with Crippen molar-refractivity contribution in [1.29, 1.82) is 0 Å². The Morgan fingerprint density at radius 2 is 2.13 bits per heavy atom. The summed E-state index contributed by atoms with van der Waals surface area (Å²) in [5.74, 6) is -0.106. The van der Waals surface area contributed by atoms with Crippen LogP contribution in [0.5, 0.6) is 0 Å². The van der Waals surface area contributed by atoms with E-state index in [1.807, 2.05) is 31.2 Å². The van der Waals surface area contributed by atoms with Crippen LogP contribution in [-0.4, -0.2) is 11.2 Å². The van der Waals surface area contributed by atoms with Gasteiger partial charge in [-0.05, 0) is 29.7 Å². The molecule has 80 valence electrons. The summed E-state index contributed by atoms with van der Waals surface area (Å²) in [6.07, 6.45) is 2.09. The standard InChI is InChI=1S/C12H12Cl2O/c1-2-11(15)12-7-4-3-5-9(13)8(7)6-10(12)14/h3-6,11-12,15H,2H2,1H3. The minimum atomic E-state index is -0.437. The molecule has 2 rings (SSSR count). The Morgan fingerprint density at radius 1 is 1.40 bits per heavy atom. The molecule has 2 unspecified atom stereocenters. The number of aliphatic hydroxyl groups excluding tert-OH is 1. The number of fused-ring (bicyclic) bond motifs is 1. The van der Waals surface area contributed by atoms with E-state index < -0.39 is 6.10 Å². The predicted molar refractivity (Wildman–Crippen MR) is 64.3 cm³/mol. The lowest BCUT2D eigenvalue weighted by molar-refractivity contribution is 0.154. The third kappa shape index (κ3) is 1.80. The van der Waals surface area contributed by atoms with Gasteiger partial charge in [0.2, 0.25) is 0 Å². The van der Waals surface area contributed by atoms with Crippen molar-refractivity contribution in [3.05, 3.63) is 39.4 Å². The van der Waals surface area contributed by atoms with E-state index in [9.17, 15) is 5.11 Å². The largest absolute Gasteiger partial charge is 0.392 e. The third-order valence-corrected chi connectivity index (χ3v) is 3.48. The average Bonchev–Trinajstić information content (AvgIpc) is 2.55. The maximum absolute atomic E-state index is 9.90. The average molecular weight is 243 g/mol. The molecule has 0 radical (unpaired) electrons. The fourth-order valence-electron chi connectivity index (χ4n) is 1.98. The summed E-state index contributed by atoms with van der Waals surface area (Å²) in [4.78, 5) is 0. The summed E-state index contributed by atoms with van der Waals surface area (Å²) in [7, 11) is 0. The van der Waals surface area contributed by atoms with Crippen molar-refractivity contribution >= 4 is 29.3 Å². The second-order valence-electron chi connectivity index (χ2n) is 3.73. The van der Waals surface area contributed by atoms with Crippen molar-refractivity contribution in [1.82, 2.24) is 0 Å². The van der Waals surface area contributed by atoms with E-state index in [1.165, 1.54) is 0 Å². The second-order valence-corrected chi connectivity index (χ2v) is 4.57. The van der Waals surface area contributed by atoms with Crippen molar-refractivity contribution < 1.29 is 5.11 Å². The SMILES string of the molecule is CCC(O)C1C(Cl)=Cc2c(Cl)cccc21. The molecule has 1 nitrogen and oxygen atoms in total. The highest BCUT2D eigenvalue weighted by atomic mass is 35.5. The molecular weight excluding hydrogens is 231 g/mol. The summed E-state index contributed by atoms with van der Waals surface area (Å²) in [5, 5.41) is 11.3. The number of hydrogen-bond donors (Lipinski definition) is 1. The summed E-state index contributed by atoms with van der Waals surface area (Å²) in [6.45, 7) is 1.94. The molecule has 15 heavy (non-hydrogen) atoms. The highest BCUT2D eigenvalue weighted by molar-refractivity contribution is 6.36. The van der Waals surface area contributed by atoms with E-state index in [1.54, 1.807) is 0 Å². The molecule has 0 saturated carbocycles. The number of aliphatic hydroxyl groups is 1. The molecule has 1 N–H and O–H groups in total. The van der Waals surface area contributed by atoms with Crippen LogP contribution in [0.4, 0.5) is 0 Å². The molecule has 0 fully saturated rings. The molecule has 1 aliphatic rings. The molecule has 0 saturated heterocycles. The molecule has 1 aromatic rings. The summed E-state index contributed by atoms with van der Waals surface area (Å²) < 4.78 is 0. The highest BCUT2D eigenvalue weighted by Gasteiger charge is 2.30. The molecular formula is C12H12Cl2O.